The van der Waals surface area contributed by atoms with Crippen LogP contribution in [0, 0.1) is 0 Å². The third-order valence-electron chi connectivity index (χ3n) is 10.5. The average Bonchev–Trinajstić information content (AvgIpc) is 3.85. The summed E-state index contributed by atoms with van der Waals surface area (Å²) in [4.78, 5) is 0. The largest absolute Gasteiger partial charge is 0.454 e. The van der Waals surface area contributed by atoms with Gasteiger partial charge in [0.2, 0.25) is 0 Å². The molecule has 0 aliphatic rings. The summed E-state index contributed by atoms with van der Waals surface area (Å²) in [7, 11) is 0. The molecule has 0 atom stereocenters. The number of fused-ring (bicyclic) bond motifs is 9. The van der Waals surface area contributed by atoms with E-state index in [4.69, 9.17) is 4.42 Å². The molecule has 11 aromatic rings. The quantitative estimate of drug-likeness (QED) is 0.186. The van der Waals surface area contributed by atoms with Gasteiger partial charge in [-0.1, -0.05) is 127 Å². The maximum atomic E-state index is 6.78. The molecule has 0 unspecified atom stereocenters. The fourth-order valence-electron chi connectivity index (χ4n) is 8.19. The van der Waals surface area contributed by atoms with Gasteiger partial charge in [0.25, 0.3) is 0 Å². The molecule has 238 valence electrons. The van der Waals surface area contributed by atoms with E-state index in [-0.39, 0.29) is 0 Å². The van der Waals surface area contributed by atoms with Gasteiger partial charge in [0, 0.05) is 38.0 Å². The summed E-state index contributed by atoms with van der Waals surface area (Å²) in [6.07, 6.45) is 0. The van der Waals surface area contributed by atoms with Crippen LogP contribution in [0.15, 0.2) is 186 Å². The summed E-state index contributed by atoms with van der Waals surface area (Å²) >= 11 is 0. The molecule has 0 N–H and O–H groups in total. The van der Waals surface area contributed by atoms with E-state index >= 15 is 0 Å². The molecule has 0 aliphatic heterocycles. The number of benzene rings is 8. The Kier molecular flexibility index (Phi) is 5.96. The zero-order valence-corrected chi connectivity index (χ0v) is 27.6. The van der Waals surface area contributed by atoms with Crippen molar-refractivity contribution in [2.24, 2.45) is 0 Å². The van der Waals surface area contributed by atoms with Crippen LogP contribution >= 0.6 is 0 Å². The second kappa shape index (κ2) is 10.8. The first-order valence-corrected chi connectivity index (χ1v) is 17.4. The van der Waals surface area contributed by atoms with Crippen LogP contribution in [0.3, 0.4) is 0 Å². The van der Waals surface area contributed by atoms with Crippen LogP contribution in [-0.2, 0) is 0 Å². The predicted molar refractivity (Wildman–Crippen MR) is 213 cm³/mol. The van der Waals surface area contributed by atoms with Crippen molar-refractivity contribution < 1.29 is 4.42 Å². The Balaban J connectivity index is 1.24. The molecule has 3 heterocycles. The lowest BCUT2D eigenvalue weighted by atomic mass is 10.0. The van der Waals surface area contributed by atoms with Crippen molar-refractivity contribution in [1.29, 1.82) is 0 Å². The monoisotopic (exact) mass is 650 g/mol. The molecule has 0 aliphatic carbocycles. The molecule has 3 nitrogen and oxygen atoms in total. The van der Waals surface area contributed by atoms with E-state index < -0.39 is 0 Å². The van der Waals surface area contributed by atoms with Gasteiger partial charge >= 0.3 is 0 Å². The minimum atomic E-state index is 0.877. The van der Waals surface area contributed by atoms with Gasteiger partial charge < -0.3 is 13.6 Å². The van der Waals surface area contributed by atoms with E-state index in [1.54, 1.807) is 0 Å². The van der Waals surface area contributed by atoms with E-state index in [2.05, 4.69) is 185 Å². The van der Waals surface area contributed by atoms with Crippen LogP contribution in [0.1, 0.15) is 0 Å². The van der Waals surface area contributed by atoms with Gasteiger partial charge in [-0.2, -0.15) is 0 Å². The van der Waals surface area contributed by atoms with Crippen LogP contribution in [0.5, 0.6) is 0 Å². The summed E-state index contributed by atoms with van der Waals surface area (Å²) in [5.41, 5.74) is 13.3. The van der Waals surface area contributed by atoms with Gasteiger partial charge in [-0.3, -0.25) is 0 Å². The molecule has 0 saturated carbocycles. The number of aromatic nitrogens is 2. The van der Waals surface area contributed by atoms with Gasteiger partial charge in [0.05, 0.1) is 27.8 Å². The second-order valence-electron chi connectivity index (χ2n) is 13.3. The number of hydrogen-bond donors (Lipinski definition) is 0. The summed E-state index contributed by atoms with van der Waals surface area (Å²) < 4.78 is 11.6. The first-order valence-electron chi connectivity index (χ1n) is 17.4. The third-order valence-corrected chi connectivity index (χ3v) is 10.5. The topological polar surface area (TPSA) is 23.0 Å². The molecular formula is C48H30N2O. The number of hydrogen-bond acceptors (Lipinski definition) is 1. The lowest BCUT2D eigenvalue weighted by molar-refractivity contribution is 0.666. The molecule has 0 amide bonds. The van der Waals surface area contributed by atoms with Crippen LogP contribution in [0.4, 0.5) is 0 Å². The minimum Gasteiger partial charge on any atom is -0.454 e. The smallest absolute Gasteiger partial charge is 0.159 e. The number of nitrogens with zero attached hydrogens (tertiary/aromatic N) is 2. The number of rotatable bonds is 4. The highest BCUT2D eigenvalue weighted by Gasteiger charge is 2.21. The normalized spacial score (nSPS) is 11.9. The van der Waals surface area contributed by atoms with Crippen molar-refractivity contribution in [2.75, 3.05) is 0 Å². The maximum absolute atomic E-state index is 6.78. The Morgan fingerprint density at radius 2 is 0.804 bits per heavy atom. The Labute approximate surface area is 293 Å². The molecule has 0 bridgehead atoms. The van der Waals surface area contributed by atoms with E-state index in [0.29, 0.717) is 0 Å². The highest BCUT2D eigenvalue weighted by Crippen LogP contribution is 2.42. The summed E-state index contributed by atoms with van der Waals surface area (Å²) in [6.45, 7) is 0. The maximum Gasteiger partial charge on any atom is 0.159 e. The molecule has 8 aromatic carbocycles. The first-order chi connectivity index (χ1) is 25.3. The molecule has 0 radical (unpaired) electrons. The van der Waals surface area contributed by atoms with E-state index in [9.17, 15) is 0 Å². The van der Waals surface area contributed by atoms with Gasteiger partial charge in [0.1, 0.15) is 5.58 Å². The molecule has 0 fully saturated rings. The third kappa shape index (κ3) is 4.19. The van der Waals surface area contributed by atoms with Crippen molar-refractivity contribution in [1.82, 2.24) is 9.13 Å². The average molecular weight is 651 g/mol. The molecule has 3 aromatic heterocycles. The Bertz CT molecular complexity index is 3130. The number of furan rings is 1. The minimum absolute atomic E-state index is 0.877. The number of para-hydroxylation sites is 3. The predicted octanol–water partition coefficient (Wildman–Crippen LogP) is 13.1. The van der Waals surface area contributed by atoms with Gasteiger partial charge in [-0.05, 0) is 76.9 Å². The lowest BCUT2D eigenvalue weighted by Gasteiger charge is -2.14. The van der Waals surface area contributed by atoms with Crippen LogP contribution in [0.2, 0.25) is 0 Å². The van der Waals surface area contributed by atoms with E-state index in [0.717, 1.165) is 44.3 Å². The van der Waals surface area contributed by atoms with Crippen LogP contribution in [-0.4, -0.2) is 9.13 Å². The Morgan fingerprint density at radius 1 is 0.314 bits per heavy atom. The van der Waals surface area contributed by atoms with E-state index in [1.807, 2.05) is 6.07 Å². The fraction of sp³-hybridized carbons (Fsp3) is 0. The lowest BCUT2D eigenvalue weighted by Crippen LogP contribution is -1.99. The Hall–Kier alpha value is -6.84. The van der Waals surface area contributed by atoms with Crippen molar-refractivity contribution in [3.63, 3.8) is 0 Å². The second-order valence-corrected chi connectivity index (χ2v) is 13.3. The zero-order chi connectivity index (χ0) is 33.5. The van der Waals surface area contributed by atoms with Crippen molar-refractivity contribution in [3.05, 3.63) is 182 Å². The van der Waals surface area contributed by atoms with Gasteiger partial charge in [0.15, 0.2) is 5.58 Å². The van der Waals surface area contributed by atoms with Crippen molar-refractivity contribution in [3.8, 4) is 33.6 Å². The molecular weight excluding hydrogens is 621 g/mol. The molecule has 51 heavy (non-hydrogen) atoms. The van der Waals surface area contributed by atoms with Gasteiger partial charge in [-0.25, -0.2) is 0 Å². The summed E-state index contributed by atoms with van der Waals surface area (Å²) in [5, 5.41) is 7.09. The van der Waals surface area contributed by atoms with E-state index in [1.165, 1.54) is 54.8 Å². The van der Waals surface area contributed by atoms with Crippen molar-refractivity contribution in [2.45, 2.75) is 0 Å². The van der Waals surface area contributed by atoms with Crippen LogP contribution < -0.4 is 0 Å². The standard InChI is InChI=1S/C48H30N2O/c1-3-13-31(14-4-1)33-23-25-44-39(27-33)36-17-7-10-20-42(36)49(44)35-29-41-38-19-9-12-22-47(38)51-48(41)46(30-35)50-43-21-11-8-18-37(43)40-28-34(24-26-45(40)50)32-15-5-2-6-16-32/h1-30H. The molecule has 11 rings (SSSR count). The summed E-state index contributed by atoms with van der Waals surface area (Å²) in [6, 6.07) is 65.5. The van der Waals surface area contributed by atoms with Crippen molar-refractivity contribution >= 4 is 65.6 Å². The fourth-order valence-corrected chi connectivity index (χ4v) is 8.19. The Morgan fingerprint density at radius 3 is 1.43 bits per heavy atom. The molecule has 3 heteroatoms. The highest BCUT2D eigenvalue weighted by molar-refractivity contribution is 6.15. The zero-order valence-electron chi connectivity index (χ0n) is 27.6. The first kappa shape index (κ1) is 28.0. The SMILES string of the molecule is c1ccc(-c2ccc3c(c2)c2ccccc2n3-c2cc(-n3c4ccccc4c4cc(-c5ccccc5)ccc43)c3oc4ccccc4c3c2)cc1. The summed E-state index contributed by atoms with van der Waals surface area (Å²) in [5.74, 6) is 0. The van der Waals surface area contributed by atoms with Crippen LogP contribution in [0.25, 0.3) is 99.2 Å². The molecule has 0 spiro atoms. The molecule has 0 saturated heterocycles. The van der Waals surface area contributed by atoms with Gasteiger partial charge in [-0.15, -0.1) is 0 Å². The highest BCUT2D eigenvalue weighted by atomic mass is 16.3.